The third-order valence-electron chi connectivity index (χ3n) is 4.68. The van der Waals surface area contributed by atoms with E-state index in [2.05, 4.69) is 24.5 Å². The molecule has 3 aliphatic rings. The van der Waals surface area contributed by atoms with Gasteiger partial charge >= 0.3 is 0 Å². The number of hydrogen-bond donors (Lipinski definition) is 2. The van der Waals surface area contributed by atoms with Crippen molar-refractivity contribution in [2.45, 2.75) is 69.7 Å². The quantitative estimate of drug-likeness (QED) is 0.776. The van der Waals surface area contributed by atoms with Crippen molar-refractivity contribution in [3.05, 3.63) is 0 Å². The minimum Gasteiger partial charge on any atom is -0.375 e. The smallest absolute Gasteiger partial charge is 0.224 e. The van der Waals surface area contributed by atoms with Gasteiger partial charge in [-0.3, -0.25) is 4.79 Å². The number of nitrogens with one attached hydrogen (secondary N) is 2. The third kappa shape index (κ3) is 2.41. The van der Waals surface area contributed by atoms with E-state index >= 15 is 0 Å². The molecule has 102 valence electrons. The molecule has 1 amide bonds. The molecule has 0 aromatic heterocycles. The van der Waals surface area contributed by atoms with Gasteiger partial charge in [0.1, 0.15) is 0 Å². The van der Waals surface area contributed by atoms with Gasteiger partial charge in [0.15, 0.2) is 0 Å². The maximum atomic E-state index is 12.3. The van der Waals surface area contributed by atoms with Gasteiger partial charge in [-0.1, -0.05) is 0 Å². The first-order chi connectivity index (χ1) is 8.53. The van der Waals surface area contributed by atoms with Crippen LogP contribution < -0.4 is 10.6 Å². The SMILES string of the molecule is CC1(C)CC(NC(=O)C2CC3CCC2N3)CCO1. The fourth-order valence-electron chi connectivity index (χ4n) is 3.78. The summed E-state index contributed by atoms with van der Waals surface area (Å²) in [5.41, 5.74) is -0.0941. The molecule has 3 saturated heterocycles. The lowest BCUT2D eigenvalue weighted by molar-refractivity contribution is -0.128. The molecule has 4 heteroatoms. The number of ether oxygens (including phenoxy) is 1. The largest absolute Gasteiger partial charge is 0.375 e. The van der Waals surface area contributed by atoms with E-state index in [1.807, 2.05) is 0 Å². The summed E-state index contributed by atoms with van der Waals surface area (Å²) in [6, 6.07) is 1.32. The van der Waals surface area contributed by atoms with Crippen LogP contribution in [-0.4, -0.2) is 36.2 Å². The number of rotatable bonds is 2. The van der Waals surface area contributed by atoms with Crippen molar-refractivity contribution >= 4 is 5.91 Å². The Kier molecular flexibility index (Phi) is 3.10. The number of fused-ring (bicyclic) bond motifs is 2. The van der Waals surface area contributed by atoms with Gasteiger partial charge in [-0.05, 0) is 46.0 Å². The average molecular weight is 252 g/mol. The summed E-state index contributed by atoms with van der Waals surface area (Å²) in [5, 5.41) is 6.77. The first-order valence-electron chi connectivity index (χ1n) is 7.24. The van der Waals surface area contributed by atoms with Gasteiger partial charge in [0.2, 0.25) is 5.91 Å². The second-order valence-electron chi connectivity index (χ2n) is 6.70. The molecule has 0 aliphatic carbocycles. The Hall–Kier alpha value is -0.610. The van der Waals surface area contributed by atoms with Crippen molar-refractivity contribution in [1.82, 2.24) is 10.6 Å². The molecule has 0 aromatic carbocycles. The van der Waals surface area contributed by atoms with Crippen LogP contribution in [0.3, 0.4) is 0 Å². The molecule has 3 rings (SSSR count). The van der Waals surface area contributed by atoms with E-state index in [9.17, 15) is 4.79 Å². The molecule has 4 nitrogen and oxygen atoms in total. The highest BCUT2D eigenvalue weighted by atomic mass is 16.5. The predicted octanol–water partition coefficient (Wildman–Crippen LogP) is 1.20. The first kappa shape index (κ1) is 12.4. The van der Waals surface area contributed by atoms with Crippen molar-refractivity contribution in [3.8, 4) is 0 Å². The second kappa shape index (κ2) is 4.49. The van der Waals surface area contributed by atoms with Gasteiger partial charge in [-0.15, -0.1) is 0 Å². The highest BCUT2D eigenvalue weighted by molar-refractivity contribution is 5.80. The van der Waals surface area contributed by atoms with Crippen molar-refractivity contribution in [1.29, 1.82) is 0 Å². The van der Waals surface area contributed by atoms with Crippen LogP contribution in [-0.2, 0) is 9.53 Å². The molecule has 0 saturated carbocycles. The summed E-state index contributed by atoms with van der Waals surface area (Å²) in [6.45, 7) is 4.96. The van der Waals surface area contributed by atoms with E-state index < -0.39 is 0 Å². The van der Waals surface area contributed by atoms with Crippen molar-refractivity contribution in [3.63, 3.8) is 0 Å². The van der Waals surface area contributed by atoms with Crippen LogP contribution in [0.5, 0.6) is 0 Å². The fourth-order valence-corrected chi connectivity index (χ4v) is 3.78. The van der Waals surface area contributed by atoms with E-state index in [0.29, 0.717) is 18.1 Å². The van der Waals surface area contributed by atoms with Gasteiger partial charge in [0.05, 0.1) is 11.5 Å². The Balaban J connectivity index is 1.55. The Morgan fingerprint density at radius 3 is 2.78 bits per heavy atom. The van der Waals surface area contributed by atoms with Crippen LogP contribution in [0.25, 0.3) is 0 Å². The van der Waals surface area contributed by atoms with Gasteiger partial charge in [0.25, 0.3) is 0 Å². The van der Waals surface area contributed by atoms with Crippen LogP contribution in [0.2, 0.25) is 0 Å². The van der Waals surface area contributed by atoms with Crippen molar-refractivity contribution in [2.24, 2.45) is 5.92 Å². The van der Waals surface area contributed by atoms with Crippen molar-refractivity contribution < 1.29 is 9.53 Å². The number of carbonyl (C=O) groups excluding carboxylic acids is 1. The summed E-state index contributed by atoms with van der Waals surface area (Å²) < 4.78 is 5.69. The predicted molar refractivity (Wildman–Crippen MR) is 69.2 cm³/mol. The summed E-state index contributed by atoms with van der Waals surface area (Å²) in [6.07, 6.45) is 5.32. The van der Waals surface area contributed by atoms with E-state index in [0.717, 1.165) is 25.9 Å². The molecule has 0 spiro atoms. The zero-order valence-electron chi connectivity index (χ0n) is 11.4. The lowest BCUT2D eigenvalue weighted by atomic mass is 9.87. The molecule has 4 atom stereocenters. The average Bonchev–Trinajstić information content (AvgIpc) is 2.89. The Bertz CT molecular complexity index is 343. The zero-order chi connectivity index (χ0) is 12.8. The normalized spacial score (nSPS) is 41.9. The van der Waals surface area contributed by atoms with Crippen LogP contribution >= 0.6 is 0 Å². The summed E-state index contributed by atoms with van der Waals surface area (Å²) in [5.74, 6) is 0.465. The van der Waals surface area contributed by atoms with Crippen LogP contribution in [0.15, 0.2) is 0 Å². The first-order valence-corrected chi connectivity index (χ1v) is 7.24. The molecule has 3 heterocycles. The summed E-state index contributed by atoms with van der Waals surface area (Å²) in [4.78, 5) is 12.3. The molecule has 4 unspecified atom stereocenters. The summed E-state index contributed by atoms with van der Waals surface area (Å²) in [7, 11) is 0. The molecular formula is C14H24N2O2. The van der Waals surface area contributed by atoms with Crippen LogP contribution in [0, 0.1) is 5.92 Å². The Morgan fingerprint density at radius 1 is 1.33 bits per heavy atom. The maximum absolute atomic E-state index is 12.3. The molecule has 2 bridgehead atoms. The molecule has 0 aromatic rings. The number of hydrogen-bond acceptors (Lipinski definition) is 3. The van der Waals surface area contributed by atoms with Crippen LogP contribution in [0.4, 0.5) is 0 Å². The molecule has 2 N–H and O–H groups in total. The summed E-state index contributed by atoms with van der Waals surface area (Å²) >= 11 is 0. The molecule has 0 radical (unpaired) electrons. The number of amides is 1. The highest BCUT2D eigenvalue weighted by Crippen LogP contribution is 2.33. The van der Waals surface area contributed by atoms with Gasteiger partial charge in [-0.2, -0.15) is 0 Å². The van der Waals surface area contributed by atoms with Gasteiger partial charge in [0, 0.05) is 24.7 Å². The van der Waals surface area contributed by atoms with E-state index in [-0.39, 0.29) is 17.4 Å². The molecular weight excluding hydrogens is 228 g/mol. The Morgan fingerprint density at radius 2 is 2.17 bits per heavy atom. The van der Waals surface area contributed by atoms with Crippen LogP contribution in [0.1, 0.15) is 46.0 Å². The minimum absolute atomic E-state index is 0.0941. The standard InChI is InChI=1S/C14H24N2O2/c1-14(2)8-10(5-6-18-14)16-13(17)11-7-9-3-4-12(11)15-9/h9-12,15H,3-8H2,1-2H3,(H,16,17). The van der Waals surface area contributed by atoms with E-state index in [4.69, 9.17) is 4.74 Å². The minimum atomic E-state index is -0.0941. The monoisotopic (exact) mass is 252 g/mol. The van der Waals surface area contributed by atoms with Gasteiger partial charge in [-0.25, -0.2) is 0 Å². The van der Waals surface area contributed by atoms with E-state index in [1.54, 1.807) is 0 Å². The highest BCUT2D eigenvalue weighted by Gasteiger charge is 2.43. The maximum Gasteiger partial charge on any atom is 0.224 e. The molecule has 18 heavy (non-hydrogen) atoms. The zero-order valence-corrected chi connectivity index (χ0v) is 11.4. The van der Waals surface area contributed by atoms with Crippen molar-refractivity contribution in [2.75, 3.05) is 6.61 Å². The lowest BCUT2D eigenvalue weighted by Gasteiger charge is -2.36. The van der Waals surface area contributed by atoms with Gasteiger partial charge < -0.3 is 15.4 Å². The Labute approximate surface area is 109 Å². The second-order valence-corrected chi connectivity index (χ2v) is 6.70. The number of carbonyl (C=O) groups is 1. The molecule has 3 aliphatic heterocycles. The topological polar surface area (TPSA) is 50.4 Å². The molecule has 3 fully saturated rings. The lowest BCUT2D eigenvalue weighted by Crippen LogP contribution is -2.48. The fraction of sp³-hybridized carbons (Fsp3) is 0.929. The third-order valence-corrected chi connectivity index (χ3v) is 4.68. The van der Waals surface area contributed by atoms with E-state index in [1.165, 1.54) is 12.8 Å².